The molecule has 1 aromatic carbocycles. The van der Waals surface area contributed by atoms with Crippen LogP contribution in [0.25, 0.3) is 0 Å². The quantitative estimate of drug-likeness (QED) is 0.828. The van der Waals surface area contributed by atoms with E-state index in [1.54, 1.807) is 12.1 Å². The number of pyridine rings is 1. The molecular formula is C14H13BrClN3O3S. The second kappa shape index (κ2) is 6.96. The summed E-state index contributed by atoms with van der Waals surface area (Å²) in [5, 5.41) is 3.03. The molecule has 1 heterocycles. The normalized spacial score (nSPS) is 11.5. The van der Waals surface area contributed by atoms with Gasteiger partial charge in [0.25, 0.3) is 5.91 Å². The third kappa shape index (κ3) is 4.08. The molecule has 0 bridgehead atoms. The summed E-state index contributed by atoms with van der Waals surface area (Å²) in [5.41, 5.74) is 0.199. The van der Waals surface area contributed by atoms with E-state index in [4.69, 9.17) is 11.6 Å². The summed E-state index contributed by atoms with van der Waals surface area (Å²) in [6.45, 7) is 0. The highest BCUT2D eigenvalue weighted by Gasteiger charge is 2.22. The highest BCUT2D eigenvalue weighted by molar-refractivity contribution is 9.10. The molecule has 0 aliphatic carbocycles. The fourth-order valence-electron chi connectivity index (χ4n) is 1.68. The molecule has 23 heavy (non-hydrogen) atoms. The maximum absolute atomic E-state index is 12.3. The molecule has 0 fully saturated rings. The molecule has 0 saturated carbocycles. The SMILES string of the molecule is CN(C)S(=O)(=O)c1cc(C(=O)Nc2ccc(Cl)cn2)ccc1Br. The average Bonchev–Trinajstić information content (AvgIpc) is 2.49. The lowest BCUT2D eigenvalue weighted by Gasteiger charge is -2.14. The van der Waals surface area contributed by atoms with Crippen molar-refractivity contribution >= 4 is 49.3 Å². The number of carbonyl (C=O) groups is 1. The minimum Gasteiger partial charge on any atom is -0.307 e. The van der Waals surface area contributed by atoms with Crippen molar-refractivity contribution in [2.24, 2.45) is 0 Å². The van der Waals surface area contributed by atoms with Crippen molar-refractivity contribution in [1.29, 1.82) is 0 Å². The second-order valence-electron chi connectivity index (χ2n) is 4.75. The lowest BCUT2D eigenvalue weighted by atomic mass is 10.2. The predicted molar refractivity (Wildman–Crippen MR) is 92.2 cm³/mol. The van der Waals surface area contributed by atoms with Gasteiger partial charge < -0.3 is 5.32 Å². The van der Waals surface area contributed by atoms with Crippen molar-refractivity contribution in [3.8, 4) is 0 Å². The van der Waals surface area contributed by atoms with E-state index >= 15 is 0 Å². The minimum absolute atomic E-state index is 0.0132. The third-order valence-electron chi connectivity index (χ3n) is 2.92. The molecule has 0 aliphatic rings. The molecule has 6 nitrogen and oxygen atoms in total. The van der Waals surface area contributed by atoms with Gasteiger partial charge in [0.05, 0.1) is 9.92 Å². The third-order valence-corrected chi connectivity index (χ3v) is 5.95. The average molecular weight is 419 g/mol. The zero-order chi connectivity index (χ0) is 17.2. The number of anilines is 1. The molecule has 1 amide bonds. The Morgan fingerprint density at radius 3 is 2.52 bits per heavy atom. The van der Waals surface area contributed by atoms with E-state index in [0.29, 0.717) is 15.3 Å². The van der Waals surface area contributed by atoms with Crippen LogP contribution in [0.15, 0.2) is 45.9 Å². The number of hydrogen-bond acceptors (Lipinski definition) is 4. The standard InChI is InChI=1S/C14H13BrClN3O3S/c1-19(2)23(21,22)12-7-9(3-5-11(12)15)14(20)18-13-6-4-10(16)8-17-13/h3-8H,1-2H3,(H,17,18,20). The maximum atomic E-state index is 12.3. The van der Waals surface area contributed by atoms with E-state index in [0.717, 1.165) is 4.31 Å². The van der Waals surface area contributed by atoms with Crippen molar-refractivity contribution in [3.63, 3.8) is 0 Å². The Kier molecular flexibility index (Phi) is 5.41. The fraction of sp³-hybridized carbons (Fsp3) is 0.143. The van der Waals surface area contributed by atoms with Crippen molar-refractivity contribution in [1.82, 2.24) is 9.29 Å². The van der Waals surface area contributed by atoms with Gasteiger partial charge in [0.15, 0.2) is 0 Å². The molecule has 9 heteroatoms. The Bertz CT molecular complexity index is 839. The molecule has 0 aliphatic heterocycles. The second-order valence-corrected chi connectivity index (χ2v) is 8.16. The van der Waals surface area contributed by atoms with Crippen LogP contribution in [0, 0.1) is 0 Å². The topological polar surface area (TPSA) is 79.4 Å². The summed E-state index contributed by atoms with van der Waals surface area (Å²) < 4.78 is 26.0. The Balaban J connectivity index is 2.33. The number of halogens is 2. The molecule has 0 radical (unpaired) electrons. The molecule has 0 saturated heterocycles. The van der Waals surface area contributed by atoms with Gasteiger partial charge in [-0.2, -0.15) is 0 Å². The molecule has 1 N–H and O–H groups in total. The highest BCUT2D eigenvalue weighted by Crippen LogP contribution is 2.25. The van der Waals surface area contributed by atoms with E-state index in [1.165, 1.54) is 38.5 Å². The number of carbonyl (C=O) groups excluding carboxylic acids is 1. The van der Waals surface area contributed by atoms with Gasteiger partial charge in [0, 0.05) is 30.3 Å². The number of benzene rings is 1. The molecule has 1 aromatic heterocycles. The fourth-order valence-corrected chi connectivity index (χ4v) is 3.63. The van der Waals surface area contributed by atoms with Gasteiger partial charge in [-0.3, -0.25) is 4.79 Å². The molecule has 0 unspecified atom stereocenters. The number of aromatic nitrogens is 1. The lowest BCUT2D eigenvalue weighted by molar-refractivity contribution is 0.102. The van der Waals surface area contributed by atoms with Crippen LogP contribution in [-0.2, 0) is 10.0 Å². The first-order valence-corrected chi connectivity index (χ1v) is 8.98. The first kappa shape index (κ1) is 17.9. The summed E-state index contributed by atoms with van der Waals surface area (Å²) >= 11 is 8.93. The molecule has 0 atom stereocenters. The van der Waals surface area contributed by atoms with Gasteiger partial charge >= 0.3 is 0 Å². The van der Waals surface area contributed by atoms with Gasteiger partial charge in [0.1, 0.15) is 5.82 Å². The van der Waals surface area contributed by atoms with E-state index in [1.807, 2.05) is 0 Å². The predicted octanol–water partition coefficient (Wildman–Crippen LogP) is 3.00. The van der Waals surface area contributed by atoms with Crippen LogP contribution < -0.4 is 5.32 Å². The van der Waals surface area contributed by atoms with Gasteiger partial charge in [-0.1, -0.05) is 11.6 Å². The maximum Gasteiger partial charge on any atom is 0.256 e. The van der Waals surface area contributed by atoms with Crippen LogP contribution in [-0.4, -0.2) is 37.7 Å². The number of nitrogens with one attached hydrogen (secondary N) is 1. The van der Waals surface area contributed by atoms with E-state index in [2.05, 4.69) is 26.2 Å². The van der Waals surface area contributed by atoms with Crippen molar-refractivity contribution in [2.75, 3.05) is 19.4 Å². The van der Waals surface area contributed by atoms with Crippen LogP contribution in [0.4, 0.5) is 5.82 Å². The van der Waals surface area contributed by atoms with Crippen LogP contribution in [0.1, 0.15) is 10.4 Å². The molecule has 122 valence electrons. The van der Waals surface area contributed by atoms with E-state index in [-0.39, 0.29) is 10.5 Å². The minimum atomic E-state index is -3.67. The van der Waals surface area contributed by atoms with Gasteiger partial charge in [-0.05, 0) is 46.3 Å². The first-order valence-electron chi connectivity index (χ1n) is 6.37. The zero-order valence-corrected chi connectivity index (χ0v) is 15.4. The number of amides is 1. The first-order chi connectivity index (χ1) is 10.7. The monoisotopic (exact) mass is 417 g/mol. The molecule has 2 aromatic rings. The highest BCUT2D eigenvalue weighted by atomic mass is 79.9. The van der Waals surface area contributed by atoms with Crippen LogP contribution in [0.2, 0.25) is 5.02 Å². The number of nitrogens with zero attached hydrogens (tertiary/aromatic N) is 2. The summed E-state index contributed by atoms with van der Waals surface area (Å²) in [6.07, 6.45) is 1.40. The van der Waals surface area contributed by atoms with Crippen LogP contribution in [0.5, 0.6) is 0 Å². The van der Waals surface area contributed by atoms with Gasteiger partial charge in [-0.25, -0.2) is 17.7 Å². The molecule has 2 rings (SSSR count). The summed E-state index contributed by atoms with van der Waals surface area (Å²) in [4.78, 5) is 16.2. The van der Waals surface area contributed by atoms with Crippen LogP contribution in [0.3, 0.4) is 0 Å². The largest absolute Gasteiger partial charge is 0.307 e. The molecule has 0 spiro atoms. The van der Waals surface area contributed by atoms with Gasteiger partial charge in [0.2, 0.25) is 10.0 Å². The van der Waals surface area contributed by atoms with Crippen molar-refractivity contribution < 1.29 is 13.2 Å². The Labute approximate surface area is 147 Å². The zero-order valence-electron chi connectivity index (χ0n) is 12.2. The lowest BCUT2D eigenvalue weighted by Crippen LogP contribution is -2.23. The summed E-state index contributed by atoms with van der Waals surface area (Å²) in [7, 11) is -0.823. The van der Waals surface area contributed by atoms with Crippen molar-refractivity contribution in [2.45, 2.75) is 4.90 Å². The smallest absolute Gasteiger partial charge is 0.256 e. The Morgan fingerprint density at radius 2 is 1.96 bits per heavy atom. The van der Waals surface area contributed by atoms with Crippen LogP contribution >= 0.6 is 27.5 Å². The Hall–Kier alpha value is -1.48. The van der Waals surface area contributed by atoms with Gasteiger partial charge in [-0.15, -0.1) is 0 Å². The van der Waals surface area contributed by atoms with E-state index < -0.39 is 15.9 Å². The number of hydrogen-bond donors (Lipinski definition) is 1. The van der Waals surface area contributed by atoms with E-state index in [9.17, 15) is 13.2 Å². The summed E-state index contributed by atoms with van der Waals surface area (Å²) in [6, 6.07) is 7.49. The molecular weight excluding hydrogens is 406 g/mol. The number of rotatable bonds is 4. The Morgan fingerprint density at radius 1 is 1.26 bits per heavy atom. The number of sulfonamides is 1. The summed E-state index contributed by atoms with van der Waals surface area (Å²) in [5.74, 6) is -0.151. The van der Waals surface area contributed by atoms with Crippen molar-refractivity contribution in [3.05, 3.63) is 51.6 Å².